The largest absolute Gasteiger partial charge is 1.00 e. The second-order valence-electron chi connectivity index (χ2n) is 3.62. The van der Waals surface area contributed by atoms with Gasteiger partial charge in [0.15, 0.2) is 0 Å². The highest BCUT2D eigenvalue weighted by Gasteiger charge is 2.20. The molecule has 0 radical (unpaired) electrons. The van der Waals surface area contributed by atoms with E-state index in [1.165, 1.54) is 0 Å². The Balaban J connectivity index is 0. The average Bonchev–Trinajstić information content (AvgIpc) is 1.88. The van der Waals surface area contributed by atoms with Crippen molar-refractivity contribution in [1.82, 2.24) is 0 Å². The SMILES string of the molecule is C=CCC(C)[N+](C)(C)CC=C.[Cl-]. The summed E-state index contributed by atoms with van der Waals surface area (Å²) in [6.45, 7) is 10.7. The van der Waals surface area contributed by atoms with Crippen molar-refractivity contribution >= 4 is 0 Å². The molecule has 0 N–H and O–H groups in total. The Morgan fingerprint density at radius 3 is 2.08 bits per heavy atom. The third-order valence-electron chi connectivity index (χ3n) is 2.30. The minimum atomic E-state index is 0. The smallest absolute Gasteiger partial charge is 0.0969 e. The van der Waals surface area contributed by atoms with Crippen LogP contribution in [0.25, 0.3) is 0 Å². The van der Waals surface area contributed by atoms with Crippen LogP contribution in [0.1, 0.15) is 13.3 Å². The van der Waals surface area contributed by atoms with E-state index in [1.54, 1.807) is 0 Å². The molecule has 0 amide bonds. The summed E-state index contributed by atoms with van der Waals surface area (Å²) in [6, 6.07) is 0.630. The van der Waals surface area contributed by atoms with Crippen molar-refractivity contribution in [2.75, 3.05) is 20.6 Å². The zero-order valence-corrected chi connectivity index (χ0v) is 9.14. The van der Waals surface area contributed by atoms with Crippen LogP contribution in [0.5, 0.6) is 0 Å². The highest BCUT2D eigenvalue weighted by Crippen LogP contribution is 2.09. The first kappa shape index (κ1) is 14.3. The third kappa shape index (κ3) is 4.58. The van der Waals surface area contributed by atoms with Gasteiger partial charge in [-0.2, -0.15) is 0 Å². The van der Waals surface area contributed by atoms with E-state index in [-0.39, 0.29) is 12.4 Å². The van der Waals surface area contributed by atoms with E-state index in [4.69, 9.17) is 0 Å². The highest BCUT2D eigenvalue weighted by atomic mass is 35.5. The van der Waals surface area contributed by atoms with Crippen LogP contribution in [0.2, 0.25) is 0 Å². The predicted molar refractivity (Wildman–Crippen MR) is 51.4 cm³/mol. The van der Waals surface area contributed by atoms with Gasteiger partial charge >= 0.3 is 0 Å². The molecule has 0 rings (SSSR count). The molecule has 0 fully saturated rings. The van der Waals surface area contributed by atoms with Gasteiger partial charge in [-0.3, -0.25) is 0 Å². The second-order valence-corrected chi connectivity index (χ2v) is 3.62. The van der Waals surface area contributed by atoms with Gasteiger partial charge in [-0.15, -0.1) is 6.58 Å². The lowest BCUT2D eigenvalue weighted by molar-refractivity contribution is -0.907. The quantitative estimate of drug-likeness (QED) is 0.393. The molecule has 0 aliphatic heterocycles. The Labute approximate surface area is 82.8 Å². The van der Waals surface area contributed by atoms with Gasteiger partial charge in [0, 0.05) is 6.42 Å². The Morgan fingerprint density at radius 2 is 1.75 bits per heavy atom. The van der Waals surface area contributed by atoms with Crippen LogP contribution < -0.4 is 12.4 Å². The van der Waals surface area contributed by atoms with Gasteiger partial charge in [-0.05, 0) is 13.0 Å². The summed E-state index contributed by atoms with van der Waals surface area (Å²) in [5, 5.41) is 0. The first-order valence-corrected chi connectivity index (χ1v) is 4.09. The zero-order valence-electron chi connectivity index (χ0n) is 8.39. The van der Waals surface area contributed by atoms with Gasteiger partial charge in [0.1, 0.15) is 0 Å². The number of quaternary nitrogens is 1. The van der Waals surface area contributed by atoms with Crippen LogP contribution in [0.15, 0.2) is 25.3 Å². The first-order chi connectivity index (χ1) is 5.04. The molecule has 0 aliphatic carbocycles. The lowest BCUT2D eigenvalue weighted by atomic mass is 10.2. The van der Waals surface area contributed by atoms with Crippen molar-refractivity contribution in [3.05, 3.63) is 25.3 Å². The van der Waals surface area contributed by atoms with Crippen LogP contribution in [0, 0.1) is 0 Å². The zero-order chi connectivity index (χ0) is 8.91. The van der Waals surface area contributed by atoms with Gasteiger partial charge in [-0.1, -0.05) is 12.7 Å². The Kier molecular flexibility index (Phi) is 7.45. The maximum absolute atomic E-state index is 3.75. The molecular formula is C10H20ClN. The molecular weight excluding hydrogens is 170 g/mol. The van der Waals surface area contributed by atoms with E-state index >= 15 is 0 Å². The number of hydrogen-bond donors (Lipinski definition) is 0. The lowest BCUT2D eigenvalue weighted by Crippen LogP contribution is -3.00. The van der Waals surface area contributed by atoms with Crippen molar-refractivity contribution < 1.29 is 16.9 Å². The summed E-state index contributed by atoms with van der Waals surface area (Å²) in [7, 11) is 4.44. The van der Waals surface area contributed by atoms with Crippen molar-refractivity contribution in [2.45, 2.75) is 19.4 Å². The van der Waals surface area contributed by atoms with E-state index in [0.717, 1.165) is 17.4 Å². The van der Waals surface area contributed by atoms with Gasteiger partial charge < -0.3 is 16.9 Å². The molecule has 2 heteroatoms. The van der Waals surface area contributed by atoms with Crippen molar-refractivity contribution in [3.8, 4) is 0 Å². The average molecular weight is 190 g/mol. The fourth-order valence-electron chi connectivity index (χ4n) is 1.04. The molecule has 0 heterocycles. The Hall–Kier alpha value is -0.270. The number of halogens is 1. The van der Waals surface area contributed by atoms with Gasteiger partial charge in [0.25, 0.3) is 0 Å². The normalized spacial score (nSPS) is 12.9. The summed E-state index contributed by atoms with van der Waals surface area (Å²) in [5.74, 6) is 0. The van der Waals surface area contributed by atoms with Crippen LogP contribution in [0.3, 0.4) is 0 Å². The highest BCUT2D eigenvalue weighted by molar-refractivity contribution is 4.73. The maximum atomic E-state index is 3.75. The van der Waals surface area contributed by atoms with Gasteiger partial charge in [0.05, 0.1) is 26.7 Å². The third-order valence-corrected chi connectivity index (χ3v) is 2.30. The minimum Gasteiger partial charge on any atom is -1.00 e. The molecule has 0 saturated heterocycles. The number of rotatable bonds is 5. The summed E-state index contributed by atoms with van der Waals surface area (Å²) in [5.41, 5.74) is 0. The molecule has 0 aliphatic rings. The summed E-state index contributed by atoms with van der Waals surface area (Å²) >= 11 is 0. The first-order valence-electron chi connectivity index (χ1n) is 4.09. The summed E-state index contributed by atoms with van der Waals surface area (Å²) < 4.78 is 0.996. The van der Waals surface area contributed by atoms with Crippen LogP contribution in [-0.4, -0.2) is 31.2 Å². The summed E-state index contributed by atoms with van der Waals surface area (Å²) in [4.78, 5) is 0. The fourth-order valence-corrected chi connectivity index (χ4v) is 1.04. The number of nitrogens with zero attached hydrogens (tertiary/aromatic N) is 1. The number of likely N-dealkylation sites (N-methyl/N-ethyl adjacent to an activating group) is 1. The molecule has 1 atom stereocenters. The second kappa shape index (κ2) is 6.27. The van der Waals surface area contributed by atoms with Gasteiger partial charge in [0.2, 0.25) is 0 Å². The Morgan fingerprint density at radius 1 is 1.25 bits per heavy atom. The lowest BCUT2D eigenvalue weighted by Gasteiger charge is -2.34. The van der Waals surface area contributed by atoms with E-state index in [9.17, 15) is 0 Å². The van der Waals surface area contributed by atoms with Crippen molar-refractivity contribution in [3.63, 3.8) is 0 Å². The van der Waals surface area contributed by atoms with E-state index in [2.05, 4.69) is 34.2 Å². The molecule has 0 bridgehead atoms. The van der Waals surface area contributed by atoms with Crippen molar-refractivity contribution in [2.24, 2.45) is 0 Å². The molecule has 0 aromatic rings. The van der Waals surface area contributed by atoms with E-state index in [0.29, 0.717) is 6.04 Å². The van der Waals surface area contributed by atoms with Crippen LogP contribution >= 0.6 is 0 Å². The molecule has 12 heavy (non-hydrogen) atoms. The standard InChI is InChI=1S/C10H20N.ClH/c1-6-8-10(3)11(4,5)9-7-2;/h6-7,10H,1-2,8-9H2,3-5H3;1H/q+1;/p-1. The molecule has 0 aromatic carbocycles. The van der Waals surface area contributed by atoms with Gasteiger partial charge in [-0.25, -0.2) is 0 Å². The summed E-state index contributed by atoms with van der Waals surface area (Å²) in [6.07, 6.45) is 5.02. The molecule has 0 aromatic heterocycles. The Bertz CT molecular complexity index is 141. The van der Waals surface area contributed by atoms with Crippen molar-refractivity contribution in [1.29, 1.82) is 0 Å². The minimum absolute atomic E-state index is 0. The maximum Gasteiger partial charge on any atom is 0.0969 e. The molecule has 1 nitrogen and oxygen atoms in total. The topological polar surface area (TPSA) is 0 Å². The molecule has 72 valence electrons. The monoisotopic (exact) mass is 189 g/mol. The van der Waals surface area contributed by atoms with E-state index < -0.39 is 0 Å². The molecule has 1 unspecified atom stereocenters. The van der Waals surface area contributed by atoms with E-state index in [1.807, 2.05) is 12.2 Å². The molecule has 0 spiro atoms. The fraction of sp³-hybridized carbons (Fsp3) is 0.600. The molecule has 0 saturated carbocycles. The predicted octanol–water partition coefficient (Wildman–Crippen LogP) is -0.783. The van der Waals surface area contributed by atoms with Crippen LogP contribution in [-0.2, 0) is 0 Å². The number of hydrogen-bond acceptors (Lipinski definition) is 0. The van der Waals surface area contributed by atoms with Crippen LogP contribution in [0.4, 0.5) is 0 Å².